The van der Waals surface area contributed by atoms with E-state index in [-0.39, 0.29) is 5.97 Å². The SMILES string of the molecule is CCCCOC(=O)CN(CC(C)C)C1CC1. The summed E-state index contributed by atoms with van der Waals surface area (Å²) in [4.78, 5) is 13.9. The molecule has 0 amide bonds. The van der Waals surface area contributed by atoms with Gasteiger partial charge in [-0.1, -0.05) is 27.2 Å². The fraction of sp³-hybridized carbons (Fsp3) is 0.923. The van der Waals surface area contributed by atoms with Crippen molar-refractivity contribution in [2.75, 3.05) is 19.7 Å². The summed E-state index contributed by atoms with van der Waals surface area (Å²) in [5.74, 6) is 0.560. The lowest BCUT2D eigenvalue weighted by atomic mass is 10.2. The Bertz CT molecular complexity index is 212. The van der Waals surface area contributed by atoms with Gasteiger partial charge in [0.2, 0.25) is 0 Å². The molecular weight excluding hydrogens is 202 g/mol. The molecule has 1 aliphatic rings. The minimum Gasteiger partial charge on any atom is -0.465 e. The monoisotopic (exact) mass is 227 g/mol. The van der Waals surface area contributed by atoms with E-state index in [1.54, 1.807) is 0 Å². The van der Waals surface area contributed by atoms with Crippen LogP contribution >= 0.6 is 0 Å². The third-order valence-corrected chi connectivity index (χ3v) is 2.76. The Hall–Kier alpha value is -0.570. The number of nitrogens with zero attached hydrogens (tertiary/aromatic N) is 1. The molecule has 0 aromatic heterocycles. The van der Waals surface area contributed by atoms with E-state index >= 15 is 0 Å². The average Bonchev–Trinajstić information content (AvgIpc) is 2.99. The Kier molecular flexibility index (Phi) is 5.81. The highest BCUT2D eigenvalue weighted by Gasteiger charge is 2.30. The van der Waals surface area contributed by atoms with Crippen molar-refractivity contribution in [3.8, 4) is 0 Å². The number of hydrogen-bond donors (Lipinski definition) is 0. The number of esters is 1. The largest absolute Gasteiger partial charge is 0.465 e. The fourth-order valence-corrected chi connectivity index (χ4v) is 1.79. The van der Waals surface area contributed by atoms with Gasteiger partial charge < -0.3 is 4.74 Å². The minimum atomic E-state index is -0.0546. The van der Waals surface area contributed by atoms with E-state index in [0.717, 1.165) is 19.4 Å². The summed E-state index contributed by atoms with van der Waals surface area (Å²) >= 11 is 0. The van der Waals surface area contributed by atoms with Crippen LogP contribution in [0.1, 0.15) is 46.5 Å². The number of carbonyl (C=O) groups excluding carboxylic acids is 1. The zero-order chi connectivity index (χ0) is 12.0. The lowest BCUT2D eigenvalue weighted by molar-refractivity contribution is -0.145. The molecule has 0 radical (unpaired) electrons. The summed E-state index contributed by atoms with van der Waals surface area (Å²) in [6, 6.07) is 0.640. The van der Waals surface area contributed by atoms with Crippen molar-refractivity contribution >= 4 is 5.97 Å². The number of rotatable bonds is 8. The molecule has 16 heavy (non-hydrogen) atoms. The summed E-state index contributed by atoms with van der Waals surface area (Å²) in [5, 5.41) is 0. The maximum Gasteiger partial charge on any atom is 0.320 e. The van der Waals surface area contributed by atoms with Gasteiger partial charge in [-0.2, -0.15) is 0 Å². The summed E-state index contributed by atoms with van der Waals surface area (Å²) in [6.45, 7) is 8.55. The molecule has 3 heteroatoms. The Morgan fingerprint density at radius 2 is 2.12 bits per heavy atom. The molecule has 3 nitrogen and oxygen atoms in total. The van der Waals surface area contributed by atoms with Gasteiger partial charge >= 0.3 is 5.97 Å². The zero-order valence-electron chi connectivity index (χ0n) is 10.9. The highest BCUT2D eigenvalue weighted by Crippen LogP contribution is 2.27. The molecule has 0 bridgehead atoms. The Morgan fingerprint density at radius 1 is 1.44 bits per heavy atom. The van der Waals surface area contributed by atoms with Crippen LogP contribution in [0.2, 0.25) is 0 Å². The van der Waals surface area contributed by atoms with Gasteiger partial charge in [0, 0.05) is 12.6 Å². The topological polar surface area (TPSA) is 29.5 Å². The van der Waals surface area contributed by atoms with Crippen LogP contribution in [0.4, 0.5) is 0 Å². The number of ether oxygens (including phenoxy) is 1. The van der Waals surface area contributed by atoms with Crippen molar-refractivity contribution in [3.05, 3.63) is 0 Å². The molecule has 0 spiro atoms. The van der Waals surface area contributed by atoms with Crippen molar-refractivity contribution in [1.82, 2.24) is 4.90 Å². The van der Waals surface area contributed by atoms with Gasteiger partial charge in [-0.25, -0.2) is 0 Å². The second-order valence-corrected chi connectivity index (χ2v) is 5.13. The minimum absolute atomic E-state index is 0.0546. The number of carbonyl (C=O) groups is 1. The second kappa shape index (κ2) is 6.89. The molecule has 1 fully saturated rings. The van der Waals surface area contributed by atoms with Gasteiger partial charge in [0.05, 0.1) is 13.2 Å². The van der Waals surface area contributed by atoms with Crippen LogP contribution in [-0.2, 0) is 9.53 Å². The molecule has 0 saturated heterocycles. The van der Waals surface area contributed by atoms with Crippen LogP contribution in [0.25, 0.3) is 0 Å². The summed E-state index contributed by atoms with van der Waals surface area (Å²) < 4.78 is 5.19. The third-order valence-electron chi connectivity index (χ3n) is 2.76. The van der Waals surface area contributed by atoms with Crippen molar-refractivity contribution in [3.63, 3.8) is 0 Å². The van der Waals surface area contributed by atoms with E-state index in [2.05, 4.69) is 25.7 Å². The van der Waals surface area contributed by atoms with Gasteiger partial charge in [0.15, 0.2) is 0 Å². The van der Waals surface area contributed by atoms with Crippen molar-refractivity contribution < 1.29 is 9.53 Å². The van der Waals surface area contributed by atoms with Crippen LogP contribution < -0.4 is 0 Å². The van der Waals surface area contributed by atoms with E-state index in [0.29, 0.717) is 25.1 Å². The van der Waals surface area contributed by atoms with Crippen molar-refractivity contribution in [2.24, 2.45) is 5.92 Å². The summed E-state index contributed by atoms with van der Waals surface area (Å²) in [7, 11) is 0. The van der Waals surface area contributed by atoms with Crippen LogP contribution in [0, 0.1) is 5.92 Å². The van der Waals surface area contributed by atoms with E-state index in [9.17, 15) is 4.79 Å². The van der Waals surface area contributed by atoms with Gasteiger partial charge in [0.25, 0.3) is 0 Å². The van der Waals surface area contributed by atoms with E-state index < -0.39 is 0 Å². The standard InChI is InChI=1S/C13H25NO2/c1-4-5-8-16-13(15)10-14(9-11(2)3)12-6-7-12/h11-12H,4-10H2,1-3H3. The number of unbranched alkanes of at least 4 members (excludes halogenated alkanes) is 1. The first-order valence-electron chi connectivity index (χ1n) is 6.53. The van der Waals surface area contributed by atoms with Crippen LogP contribution in [0.5, 0.6) is 0 Å². The molecule has 0 N–H and O–H groups in total. The molecule has 0 aromatic carbocycles. The lowest BCUT2D eigenvalue weighted by Gasteiger charge is -2.22. The maximum absolute atomic E-state index is 11.6. The van der Waals surface area contributed by atoms with Crippen LogP contribution in [-0.4, -0.2) is 36.6 Å². The average molecular weight is 227 g/mol. The predicted octanol–water partition coefficient (Wildman–Crippen LogP) is 2.45. The van der Waals surface area contributed by atoms with E-state index in [4.69, 9.17) is 4.74 Å². The Labute approximate surface area is 99.1 Å². The summed E-state index contributed by atoms with van der Waals surface area (Å²) in [5.41, 5.74) is 0. The van der Waals surface area contributed by atoms with Gasteiger partial charge in [-0.05, 0) is 25.2 Å². The van der Waals surface area contributed by atoms with Gasteiger partial charge in [-0.15, -0.1) is 0 Å². The molecule has 0 atom stereocenters. The quantitative estimate of drug-likeness (QED) is 0.471. The van der Waals surface area contributed by atoms with Crippen LogP contribution in [0.3, 0.4) is 0 Å². The summed E-state index contributed by atoms with van der Waals surface area (Å²) in [6.07, 6.45) is 4.54. The Balaban J connectivity index is 2.22. The van der Waals surface area contributed by atoms with Gasteiger partial charge in [-0.3, -0.25) is 9.69 Å². The molecule has 1 saturated carbocycles. The molecule has 0 aromatic rings. The van der Waals surface area contributed by atoms with Crippen molar-refractivity contribution in [1.29, 1.82) is 0 Å². The fourth-order valence-electron chi connectivity index (χ4n) is 1.79. The molecular formula is C13H25NO2. The molecule has 0 aliphatic heterocycles. The first kappa shape index (κ1) is 13.5. The molecule has 0 heterocycles. The van der Waals surface area contributed by atoms with Gasteiger partial charge in [0.1, 0.15) is 0 Å². The third kappa shape index (κ3) is 5.50. The molecule has 1 aliphatic carbocycles. The molecule has 94 valence electrons. The molecule has 1 rings (SSSR count). The van der Waals surface area contributed by atoms with Crippen LogP contribution in [0.15, 0.2) is 0 Å². The van der Waals surface area contributed by atoms with E-state index in [1.807, 2.05) is 0 Å². The second-order valence-electron chi connectivity index (χ2n) is 5.13. The predicted molar refractivity (Wildman–Crippen MR) is 65.3 cm³/mol. The zero-order valence-corrected chi connectivity index (χ0v) is 10.9. The lowest BCUT2D eigenvalue weighted by Crippen LogP contribution is -2.35. The number of hydrogen-bond acceptors (Lipinski definition) is 3. The highest BCUT2D eigenvalue weighted by molar-refractivity contribution is 5.71. The first-order chi connectivity index (χ1) is 7.63. The maximum atomic E-state index is 11.6. The first-order valence-corrected chi connectivity index (χ1v) is 6.53. The normalized spacial score (nSPS) is 15.8. The molecule has 0 unspecified atom stereocenters. The van der Waals surface area contributed by atoms with Crippen molar-refractivity contribution in [2.45, 2.75) is 52.5 Å². The Morgan fingerprint density at radius 3 is 2.62 bits per heavy atom. The van der Waals surface area contributed by atoms with E-state index in [1.165, 1.54) is 12.8 Å². The smallest absolute Gasteiger partial charge is 0.320 e. The highest BCUT2D eigenvalue weighted by atomic mass is 16.5.